The predicted octanol–water partition coefficient (Wildman–Crippen LogP) is 3.89. The number of hydrogen-bond acceptors (Lipinski definition) is 3. The molecular formula is C14H13BrClN3O. The maximum absolute atomic E-state index is 12.2. The van der Waals surface area contributed by atoms with Crippen molar-refractivity contribution < 1.29 is 4.79 Å². The van der Waals surface area contributed by atoms with Crippen LogP contribution in [0.15, 0.2) is 34.9 Å². The maximum Gasteiger partial charge on any atom is 0.257 e. The van der Waals surface area contributed by atoms with Gasteiger partial charge in [0.05, 0.1) is 10.6 Å². The number of hydrogen-bond donors (Lipinski definition) is 2. The molecule has 3 N–H and O–H groups in total. The number of carbonyl (C=O) groups is 1. The Kier molecular flexibility index (Phi) is 4.62. The number of rotatable bonds is 3. The molecule has 0 aliphatic heterocycles. The summed E-state index contributed by atoms with van der Waals surface area (Å²) in [5, 5.41) is 3.12. The van der Waals surface area contributed by atoms with E-state index < -0.39 is 0 Å². The highest BCUT2D eigenvalue weighted by Crippen LogP contribution is 2.23. The Hall–Kier alpha value is -1.59. The summed E-state index contributed by atoms with van der Waals surface area (Å²) in [5.74, 6) is -0.0578. The number of carbonyl (C=O) groups excluding carboxylic acids is 1. The van der Waals surface area contributed by atoms with Gasteiger partial charge in [-0.25, -0.2) is 4.98 Å². The van der Waals surface area contributed by atoms with Crippen molar-refractivity contribution in [2.75, 3.05) is 11.1 Å². The molecule has 20 heavy (non-hydrogen) atoms. The monoisotopic (exact) mass is 353 g/mol. The molecule has 0 fully saturated rings. The fourth-order valence-corrected chi connectivity index (χ4v) is 2.32. The normalized spacial score (nSPS) is 10.3. The zero-order chi connectivity index (χ0) is 14.7. The SMILES string of the molecule is CCc1cc(Br)ccc1NC(=O)c1cnc(N)c(Cl)c1. The number of pyridine rings is 1. The van der Waals surface area contributed by atoms with Crippen LogP contribution in [0.5, 0.6) is 0 Å². The third-order valence-electron chi connectivity index (χ3n) is 2.83. The van der Waals surface area contributed by atoms with Crippen LogP contribution in [0.4, 0.5) is 11.5 Å². The van der Waals surface area contributed by atoms with E-state index in [0.29, 0.717) is 5.56 Å². The molecule has 0 bridgehead atoms. The molecule has 1 amide bonds. The van der Waals surface area contributed by atoms with Crippen LogP contribution in [0.3, 0.4) is 0 Å². The Morgan fingerprint density at radius 2 is 2.20 bits per heavy atom. The first-order valence-corrected chi connectivity index (χ1v) is 7.19. The Balaban J connectivity index is 2.25. The van der Waals surface area contributed by atoms with Gasteiger partial charge in [0, 0.05) is 16.4 Å². The molecule has 1 aromatic carbocycles. The van der Waals surface area contributed by atoms with Crippen molar-refractivity contribution in [1.82, 2.24) is 4.98 Å². The van der Waals surface area contributed by atoms with Crippen molar-refractivity contribution in [3.8, 4) is 0 Å². The Bertz CT molecular complexity index is 661. The summed E-state index contributed by atoms with van der Waals surface area (Å²) in [5.41, 5.74) is 7.71. The zero-order valence-corrected chi connectivity index (χ0v) is 13.1. The smallest absolute Gasteiger partial charge is 0.257 e. The van der Waals surface area contributed by atoms with Gasteiger partial charge < -0.3 is 11.1 Å². The van der Waals surface area contributed by atoms with Crippen molar-refractivity contribution in [2.45, 2.75) is 13.3 Å². The summed E-state index contributed by atoms with van der Waals surface area (Å²) in [6.45, 7) is 2.03. The van der Waals surface area contributed by atoms with Gasteiger partial charge in [0.15, 0.2) is 0 Å². The van der Waals surface area contributed by atoms with Crippen molar-refractivity contribution >= 4 is 44.9 Å². The van der Waals surface area contributed by atoms with E-state index in [1.165, 1.54) is 12.3 Å². The number of nitrogens with zero attached hydrogens (tertiary/aromatic N) is 1. The number of aryl methyl sites for hydroxylation is 1. The summed E-state index contributed by atoms with van der Waals surface area (Å²) in [7, 11) is 0. The Morgan fingerprint density at radius 3 is 2.85 bits per heavy atom. The average molecular weight is 355 g/mol. The summed E-state index contributed by atoms with van der Waals surface area (Å²) in [6.07, 6.45) is 2.22. The molecule has 0 unspecified atom stereocenters. The number of amides is 1. The molecule has 0 atom stereocenters. The summed E-state index contributed by atoms with van der Waals surface area (Å²) in [4.78, 5) is 16.0. The lowest BCUT2D eigenvalue weighted by molar-refractivity contribution is 0.102. The number of anilines is 2. The van der Waals surface area contributed by atoms with E-state index in [0.717, 1.165) is 22.1 Å². The van der Waals surface area contributed by atoms with Crippen molar-refractivity contribution in [1.29, 1.82) is 0 Å². The lowest BCUT2D eigenvalue weighted by atomic mass is 10.1. The molecule has 0 radical (unpaired) electrons. The van der Waals surface area contributed by atoms with Crippen molar-refractivity contribution in [2.24, 2.45) is 0 Å². The fraction of sp³-hybridized carbons (Fsp3) is 0.143. The lowest BCUT2D eigenvalue weighted by Gasteiger charge is -2.10. The first-order valence-electron chi connectivity index (χ1n) is 6.02. The molecule has 1 aromatic heterocycles. The molecule has 6 heteroatoms. The van der Waals surface area contributed by atoms with Crippen LogP contribution >= 0.6 is 27.5 Å². The Morgan fingerprint density at radius 1 is 1.45 bits per heavy atom. The zero-order valence-electron chi connectivity index (χ0n) is 10.8. The van der Waals surface area contributed by atoms with Gasteiger partial charge in [-0.3, -0.25) is 4.79 Å². The van der Waals surface area contributed by atoms with E-state index in [-0.39, 0.29) is 16.7 Å². The molecule has 104 valence electrons. The number of halogens is 2. The highest BCUT2D eigenvalue weighted by Gasteiger charge is 2.11. The second-order valence-electron chi connectivity index (χ2n) is 4.20. The van der Waals surface area contributed by atoms with Gasteiger partial charge in [0.1, 0.15) is 5.82 Å². The van der Waals surface area contributed by atoms with Crippen LogP contribution in [-0.4, -0.2) is 10.9 Å². The molecule has 0 saturated carbocycles. The van der Waals surface area contributed by atoms with Crippen LogP contribution in [0, 0.1) is 0 Å². The van der Waals surface area contributed by atoms with Crippen LogP contribution in [0.1, 0.15) is 22.8 Å². The number of nitrogen functional groups attached to an aromatic ring is 1. The quantitative estimate of drug-likeness (QED) is 0.878. The molecule has 2 aromatic rings. The highest BCUT2D eigenvalue weighted by molar-refractivity contribution is 9.10. The van der Waals surface area contributed by atoms with Gasteiger partial charge in [0.25, 0.3) is 5.91 Å². The number of nitrogens with one attached hydrogen (secondary N) is 1. The molecule has 0 aliphatic carbocycles. The number of benzene rings is 1. The standard InChI is InChI=1S/C14H13BrClN3O/c1-2-8-5-10(15)3-4-12(8)19-14(20)9-6-11(16)13(17)18-7-9/h3-7H,2H2,1H3,(H2,17,18)(H,19,20). The lowest BCUT2D eigenvalue weighted by Crippen LogP contribution is -2.14. The fourth-order valence-electron chi connectivity index (χ4n) is 1.74. The van der Waals surface area contributed by atoms with Crippen molar-refractivity contribution in [3.05, 3.63) is 51.1 Å². The first kappa shape index (κ1) is 14.8. The predicted molar refractivity (Wildman–Crippen MR) is 85.1 cm³/mol. The van der Waals surface area contributed by atoms with Crippen molar-refractivity contribution in [3.63, 3.8) is 0 Å². The van der Waals surface area contributed by atoms with Gasteiger partial charge in [0.2, 0.25) is 0 Å². The third kappa shape index (κ3) is 3.29. The van der Waals surface area contributed by atoms with Gasteiger partial charge in [-0.1, -0.05) is 34.5 Å². The molecule has 0 aliphatic rings. The summed E-state index contributed by atoms with van der Waals surface area (Å²) >= 11 is 9.28. The van der Waals surface area contributed by atoms with Gasteiger partial charge in [-0.15, -0.1) is 0 Å². The molecular weight excluding hydrogens is 342 g/mol. The van der Waals surface area contributed by atoms with Crippen LogP contribution in [0.25, 0.3) is 0 Å². The minimum absolute atomic E-state index is 0.209. The average Bonchev–Trinajstić information content (AvgIpc) is 2.43. The topological polar surface area (TPSA) is 68.0 Å². The maximum atomic E-state index is 12.2. The highest BCUT2D eigenvalue weighted by atomic mass is 79.9. The molecule has 4 nitrogen and oxygen atoms in total. The first-order chi connectivity index (χ1) is 9.51. The summed E-state index contributed by atoms with van der Waals surface area (Å²) in [6, 6.07) is 7.21. The van der Waals surface area contributed by atoms with Gasteiger partial charge in [-0.2, -0.15) is 0 Å². The van der Waals surface area contributed by atoms with Crippen LogP contribution in [-0.2, 0) is 6.42 Å². The van der Waals surface area contributed by atoms with Gasteiger partial charge >= 0.3 is 0 Å². The minimum atomic E-state index is -0.267. The molecule has 1 heterocycles. The Labute approximate surface area is 130 Å². The second-order valence-corrected chi connectivity index (χ2v) is 5.52. The number of nitrogens with two attached hydrogens (primary N) is 1. The second kappa shape index (κ2) is 6.24. The van der Waals surface area contributed by atoms with E-state index in [1.54, 1.807) is 0 Å². The van der Waals surface area contributed by atoms with E-state index in [9.17, 15) is 4.79 Å². The minimum Gasteiger partial charge on any atom is -0.382 e. The van der Waals surface area contributed by atoms with E-state index in [1.807, 2.05) is 25.1 Å². The van der Waals surface area contributed by atoms with E-state index >= 15 is 0 Å². The molecule has 2 rings (SSSR count). The van der Waals surface area contributed by atoms with Crippen LogP contribution in [0.2, 0.25) is 5.02 Å². The number of aromatic nitrogens is 1. The molecule has 0 spiro atoms. The van der Waals surface area contributed by atoms with E-state index in [4.69, 9.17) is 17.3 Å². The van der Waals surface area contributed by atoms with E-state index in [2.05, 4.69) is 26.2 Å². The largest absolute Gasteiger partial charge is 0.382 e. The van der Waals surface area contributed by atoms with Crippen LogP contribution < -0.4 is 11.1 Å². The summed E-state index contributed by atoms with van der Waals surface area (Å²) < 4.78 is 0.976. The third-order valence-corrected chi connectivity index (χ3v) is 3.62. The molecule has 0 saturated heterocycles. The van der Waals surface area contributed by atoms with Gasteiger partial charge in [-0.05, 0) is 36.2 Å².